The molecule has 0 unspecified atom stereocenters. The van der Waals surface area contributed by atoms with Gasteiger partial charge in [-0.1, -0.05) is 72.3 Å². The van der Waals surface area contributed by atoms with Crippen LogP contribution in [0.15, 0.2) is 78.9 Å². The number of esters is 1. The zero-order chi connectivity index (χ0) is 18.6. The Morgan fingerprint density at radius 3 is 2.37 bits per heavy atom. The average Bonchev–Trinajstić information content (AvgIpc) is 3.09. The Bertz CT molecular complexity index is 992. The monoisotopic (exact) mass is 376 g/mol. The molecule has 3 aromatic carbocycles. The first-order valence-electron chi connectivity index (χ1n) is 8.65. The molecule has 0 bridgehead atoms. The number of cyclic esters (lactones) is 1. The summed E-state index contributed by atoms with van der Waals surface area (Å²) in [5, 5.41) is 0.651. The zero-order valence-corrected chi connectivity index (χ0v) is 15.3. The van der Waals surface area contributed by atoms with Gasteiger partial charge in [0.05, 0.1) is 5.57 Å². The van der Waals surface area contributed by atoms with Crippen LogP contribution in [0.5, 0.6) is 5.75 Å². The summed E-state index contributed by atoms with van der Waals surface area (Å²) >= 11 is 5.99. The Labute approximate surface area is 162 Å². The van der Waals surface area contributed by atoms with Gasteiger partial charge in [-0.15, -0.1) is 0 Å². The highest BCUT2D eigenvalue weighted by Gasteiger charge is 2.29. The molecule has 0 radical (unpaired) electrons. The summed E-state index contributed by atoms with van der Waals surface area (Å²) in [6, 6.07) is 24.9. The third kappa shape index (κ3) is 3.74. The predicted molar refractivity (Wildman–Crippen MR) is 106 cm³/mol. The molecule has 27 heavy (non-hydrogen) atoms. The normalized spacial score (nSPS) is 13.6. The Morgan fingerprint density at radius 1 is 0.889 bits per heavy atom. The van der Waals surface area contributed by atoms with Gasteiger partial charge in [-0.3, -0.25) is 0 Å². The molecule has 4 heteroatoms. The van der Waals surface area contributed by atoms with E-state index in [0.29, 0.717) is 23.0 Å². The van der Waals surface area contributed by atoms with Gasteiger partial charge in [0.15, 0.2) is 0 Å². The molecule has 1 aliphatic rings. The second kappa shape index (κ2) is 7.68. The van der Waals surface area contributed by atoms with Crippen LogP contribution >= 0.6 is 11.6 Å². The minimum Gasteiger partial charge on any atom is -0.488 e. The molecular weight excluding hydrogens is 360 g/mol. The number of carbonyl (C=O) groups is 1. The molecular formula is C23H17ClO3. The molecule has 0 aromatic heterocycles. The standard InChI is InChI=1S/C23H17ClO3/c24-18-12-10-17(11-13-18)20-15-27-23(25)22(20)19-8-4-5-9-21(19)26-14-16-6-2-1-3-7-16/h1-13H,14-15H2. The maximum atomic E-state index is 12.5. The molecule has 3 nitrogen and oxygen atoms in total. The molecule has 0 saturated carbocycles. The molecule has 4 rings (SSSR count). The van der Waals surface area contributed by atoms with Gasteiger partial charge in [-0.2, -0.15) is 0 Å². The van der Waals surface area contributed by atoms with E-state index in [1.54, 1.807) is 0 Å². The first-order valence-corrected chi connectivity index (χ1v) is 9.02. The van der Waals surface area contributed by atoms with Crippen molar-refractivity contribution >= 4 is 28.7 Å². The highest BCUT2D eigenvalue weighted by atomic mass is 35.5. The van der Waals surface area contributed by atoms with Crippen molar-refractivity contribution in [1.82, 2.24) is 0 Å². The molecule has 3 aromatic rings. The van der Waals surface area contributed by atoms with Crippen molar-refractivity contribution in [1.29, 1.82) is 0 Å². The van der Waals surface area contributed by atoms with Gasteiger partial charge in [-0.05, 0) is 29.3 Å². The van der Waals surface area contributed by atoms with Crippen LogP contribution in [0.3, 0.4) is 0 Å². The van der Waals surface area contributed by atoms with Crippen molar-refractivity contribution in [3.63, 3.8) is 0 Å². The van der Waals surface area contributed by atoms with E-state index < -0.39 is 0 Å². The second-order valence-electron chi connectivity index (χ2n) is 6.21. The second-order valence-corrected chi connectivity index (χ2v) is 6.64. The molecule has 0 N–H and O–H groups in total. The number of benzene rings is 3. The van der Waals surface area contributed by atoms with Crippen LogP contribution in [0.4, 0.5) is 0 Å². The predicted octanol–water partition coefficient (Wildman–Crippen LogP) is 5.39. The van der Waals surface area contributed by atoms with Crippen LogP contribution < -0.4 is 4.74 Å². The SMILES string of the molecule is O=C1OCC(c2ccc(Cl)cc2)=C1c1ccccc1OCc1ccccc1. The highest BCUT2D eigenvalue weighted by Crippen LogP contribution is 2.37. The van der Waals surface area contributed by atoms with Gasteiger partial charge in [0.1, 0.15) is 19.0 Å². The smallest absolute Gasteiger partial charge is 0.339 e. The third-order valence-electron chi connectivity index (χ3n) is 4.44. The average molecular weight is 377 g/mol. The van der Waals surface area contributed by atoms with Crippen molar-refractivity contribution in [3.05, 3.63) is 101 Å². The lowest BCUT2D eigenvalue weighted by molar-refractivity contribution is -0.133. The Hall–Kier alpha value is -3.04. The van der Waals surface area contributed by atoms with Gasteiger partial charge in [0.2, 0.25) is 0 Å². The number of hydrogen-bond acceptors (Lipinski definition) is 3. The minimum atomic E-state index is -0.337. The van der Waals surface area contributed by atoms with Gasteiger partial charge >= 0.3 is 5.97 Å². The van der Waals surface area contributed by atoms with E-state index in [4.69, 9.17) is 21.1 Å². The van der Waals surface area contributed by atoms with Crippen LogP contribution in [-0.2, 0) is 16.1 Å². The van der Waals surface area contributed by atoms with Crippen molar-refractivity contribution < 1.29 is 14.3 Å². The molecule has 0 amide bonds. The lowest BCUT2D eigenvalue weighted by atomic mass is 9.96. The van der Waals surface area contributed by atoms with Crippen molar-refractivity contribution in [2.45, 2.75) is 6.61 Å². The molecule has 1 aliphatic heterocycles. The third-order valence-corrected chi connectivity index (χ3v) is 4.69. The fourth-order valence-electron chi connectivity index (χ4n) is 3.09. The summed E-state index contributed by atoms with van der Waals surface area (Å²) in [7, 11) is 0. The maximum absolute atomic E-state index is 12.5. The zero-order valence-electron chi connectivity index (χ0n) is 14.5. The lowest BCUT2D eigenvalue weighted by Crippen LogP contribution is -2.03. The molecule has 0 fully saturated rings. The number of rotatable bonds is 5. The Morgan fingerprint density at radius 2 is 1.59 bits per heavy atom. The summed E-state index contributed by atoms with van der Waals surface area (Å²) in [5.74, 6) is 0.317. The van der Waals surface area contributed by atoms with Crippen LogP contribution in [0, 0.1) is 0 Å². The molecule has 0 spiro atoms. The maximum Gasteiger partial charge on any atom is 0.339 e. The molecule has 1 heterocycles. The largest absolute Gasteiger partial charge is 0.488 e. The van der Waals surface area contributed by atoms with E-state index in [1.807, 2.05) is 78.9 Å². The Balaban J connectivity index is 1.71. The minimum absolute atomic E-state index is 0.239. The van der Waals surface area contributed by atoms with Crippen molar-refractivity contribution in [2.24, 2.45) is 0 Å². The van der Waals surface area contributed by atoms with E-state index >= 15 is 0 Å². The topological polar surface area (TPSA) is 35.5 Å². The number of halogens is 1. The highest BCUT2D eigenvalue weighted by molar-refractivity contribution is 6.31. The van der Waals surface area contributed by atoms with Crippen LogP contribution in [0.25, 0.3) is 11.1 Å². The quantitative estimate of drug-likeness (QED) is 0.560. The number of ether oxygens (including phenoxy) is 2. The molecule has 134 valence electrons. The van der Waals surface area contributed by atoms with Crippen LogP contribution in [0.1, 0.15) is 16.7 Å². The molecule has 0 saturated heterocycles. The van der Waals surface area contributed by atoms with Gasteiger partial charge in [0, 0.05) is 16.2 Å². The number of hydrogen-bond donors (Lipinski definition) is 0. The molecule has 0 atom stereocenters. The summed E-state index contributed by atoms with van der Waals surface area (Å²) in [5.41, 5.74) is 4.10. The lowest BCUT2D eigenvalue weighted by Gasteiger charge is -2.12. The first kappa shape index (κ1) is 17.4. The number of carbonyl (C=O) groups excluding carboxylic acids is 1. The van der Waals surface area contributed by atoms with Gasteiger partial charge in [-0.25, -0.2) is 4.79 Å². The van der Waals surface area contributed by atoms with E-state index in [0.717, 1.165) is 22.3 Å². The first-order chi connectivity index (χ1) is 13.2. The summed E-state index contributed by atoms with van der Waals surface area (Å²) in [4.78, 5) is 12.5. The summed E-state index contributed by atoms with van der Waals surface area (Å²) in [6.07, 6.45) is 0. The van der Waals surface area contributed by atoms with E-state index in [2.05, 4.69) is 0 Å². The number of para-hydroxylation sites is 1. The fourth-order valence-corrected chi connectivity index (χ4v) is 3.22. The fraction of sp³-hybridized carbons (Fsp3) is 0.0870. The molecule has 0 aliphatic carbocycles. The van der Waals surface area contributed by atoms with Crippen LogP contribution in [0.2, 0.25) is 5.02 Å². The summed E-state index contributed by atoms with van der Waals surface area (Å²) in [6.45, 7) is 0.666. The van der Waals surface area contributed by atoms with E-state index in [-0.39, 0.29) is 12.6 Å². The van der Waals surface area contributed by atoms with Gasteiger partial charge < -0.3 is 9.47 Å². The van der Waals surface area contributed by atoms with E-state index in [9.17, 15) is 4.79 Å². The van der Waals surface area contributed by atoms with Gasteiger partial charge in [0.25, 0.3) is 0 Å². The van der Waals surface area contributed by atoms with E-state index in [1.165, 1.54) is 0 Å². The van der Waals surface area contributed by atoms with Crippen molar-refractivity contribution in [3.8, 4) is 5.75 Å². The van der Waals surface area contributed by atoms with Crippen molar-refractivity contribution in [2.75, 3.05) is 6.61 Å². The Kier molecular flexibility index (Phi) is 4.95. The summed E-state index contributed by atoms with van der Waals surface area (Å²) < 4.78 is 11.4. The van der Waals surface area contributed by atoms with Crippen LogP contribution in [-0.4, -0.2) is 12.6 Å².